The van der Waals surface area contributed by atoms with E-state index in [-0.39, 0.29) is 0 Å². The van der Waals surface area contributed by atoms with Crippen LogP contribution in [0, 0.1) is 10.2 Å². The van der Waals surface area contributed by atoms with Crippen LogP contribution in [0.5, 0.6) is 0 Å². The van der Waals surface area contributed by atoms with Gasteiger partial charge < -0.3 is 0 Å². The molecule has 0 radical (unpaired) electrons. The molecular formula is C26H35ClN4O4+2. The topological polar surface area (TPSA) is 117 Å². The SMILES string of the molecule is [O-][Cl+](O)(O)O.c1ccc2c(c1)ncc[n+]2CCCCCCCCCC[n+]1ccnc2ccccc21. The zero-order valence-electron chi connectivity index (χ0n) is 19.9. The average Bonchev–Trinajstić information content (AvgIpc) is 2.84. The van der Waals surface area contributed by atoms with Crippen molar-refractivity contribution in [2.45, 2.75) is 64.5 Å². The minimum absolute atomic E-state index is 1.08. The van der Waals surface area contributed by atoms with Gasteiger partial charge in [-0.25, -0.2) is 9.97 Å². The van der Waals surface area contributed by atoms with E-state index in [1.165, 1.54) is 62.4 Å². The number of nitrogens with zero attached hydrogens (tertiary/aromatic N) is 4. The molecule has 0 aliphatic carbocycles. The quantitative estimate of drug-likeness (QED) is 0.214. The van der Waals surface area contributed by atoms with Gasteiger partial charge in [0, 0.05) is 25.0 Å². The van der Waals surface area contributed by atoms with Gasteiger partial charge in [0.25, 0.3) is 0 Å². The van der Waals surface area contributed by atoms with Crippen molar-refractivity contribution in [1.29, 1.82) is 0 Å². The molecule has 4 rings (SSSR count). The molecule has 0 amide bonds. The molecule has 2 aromatic carbocycles. The predicted octanol–water partition coefficient (Wildman–Crippen LogP) is 2.32. The van der Waals surface area contributed by atoms with Crippen LogP contribution in [0.4, 0.5) is 0 Å². The smallest absolute Gasteiger partial charge is 0.231 e. The van der Waals surface area contributed by atoms with Crippen molar-refractivity contribution >= 4 is 22.1 Å². The number of halogens is 1. The molecule has 4 aromatic rings. The van der Waals surface area contributed by atoms with Gasteiger partial charge in [-0.3, -0.25) is 0 Å². The Bertz CT molecular complexity index is 1080. The molecule has 0 bridgehead atoms. The van der Waals surface area contributed by atoms with Crippen molar-refractivity contribution in [2.24, 2.45) is 0 Å². The average molecular weight is 503 g/mol. The maximum absolute atomic E-state index is 8.83. The maximum atomic E-state index is 8.83. The van der Waals surface area contributed by atoms with Gasteiger partial charge in [0.2, 0.25) is 11.0 Å². The second kappa shape index (κ2) is 14.0. The summed E-state index contributed by atoms with van der Waals surface area (Å²) in [5.74, 6) is 0. The van der Waals surface area contributed by atoms with Gasteiger partial charge in [0.15, 0.2) is 12.4 Å². The molecule has 0 saturated heterocycles. The van der Waals surface area contributed by atoms with E-state index in [4.69, 9.17) is 18.6 Å². The first kappa shape index (κ1) is 26.8. The molecule has 9 heteroatoms. The van der Waals surface area contributed by atoms with Crippen molar-refractivity contribution in [1.82, 2.24) is 9.97 Å². The minimum Gasteiger partial charge on any atom is -0.244 e. The fourth-order valence-electron chi connectivity index (χ4n) is 4.20. The third-order valence-corrected chi connectivity index (χ3v) is 5.85. The Kier molecular flexibility index (Phi) is 10.7. The molecule has 2 aromatic heterocycles. The molecule has 0 aliphatic heterocycles. The second-order valence-electron chi connectivity index (χ2n) is 8.48. The molecule has 35 heavy (non-hydrogen) atoms. The van der Waals surface area contributed by atoms with Gasteiger partial charge in [0.05, 0.1) is 12.4 Å². The third kappa shape index (κ3) is 9.79. The number of aromatic nitrogens is 4. The monoisotopic (exact) mass is 502 g/mol. The van der Waals surface area contributed by atoms with E-state index in [0.717, 1.165) is 24.1 Å². The van der Waals surface area contributed by atoms with Crippen LogP contribution in [-0.2, 0) is 13.1 Å². The number of hydrogen-bond acceptors (Lipinski definition) is 6. The van der Waals surface area contributed by atoms with Crippen LogP contribution in [0.3, 0.4) is 0 Å². The number of rotatable bonds is 11. The Hall–Kier alpha value is -2.75. The van der Waals surface area contributed by atoms with Gasteiger partial charge in [-0.15, -0.1) is 0 Å². The van der Waals surface area contributed by atoms with Crippen molar-refractivity contribution < 1.29 is 38.0 Å². The summed E-state index contributed by atoms with van der Waals surface area (Å²) in [6.45, 7) is 2.17. The molecule has 3 N–H and O–H groups in total. The van der Waals surface area contributed by atoms with E-state index in [1.54, 1.807) is 0 Å². The van der Waals surface area contributed by atoms with Gasteiger partial charge in [0.1, 0.15) is 24.1 Å². The molecule has 0 atom stereocenters. The summed E-state index contributed by atoms with van der Waals surface area (Å²) in [6, 6.07) is 16.8. The van der Waals surface area contributed by atoms with E-state index in [1.807, 2.05) is 12.4 Å². The summed E-state index contributed by atoms with van der Waals surface area (Å²) in [5.41, 5.74) is 4.63. The first-order valence-corrected chi connectivity index (χ1v) is 13.4. The zero-order valence-corrected chi connectivity index (χ0v) is 20.7. The van der Waals surface area contributed by atoms with Crippen molar-refractivity contribution in [3.05, 3.63) is 73.3 Å². The van der Waals surface area contributed by atoms with E-state index in [9.17, 15) is 0 Å². The first-order valence-electron chi connectivity index (χ1n) is 12.0. The van der Waals surface area contributed by atoms with Gasteiger partial charge in [-0.05, 0) is 25.0 Å². The van der Waals surface area contributed by atoms with Crippen molar-refractivity contribution in [2.75, 3.05) is 0 Å². The normalized spacial score (nSPS) is 11.9. The summed E-state index contributed by atoms with van der Waals surface area (Å²) in [4.78, 5) is 8.89. The molecule has 0 aliphatic rings. The molecule has 0 saturated carbocycles. The standard InChI is InChI=1S/C26H32N4.ClH3O4/c1(3-5-11-19-29-21-17-27-23-13-7-9-15-25(23)29)2-4-6-12-20-30-22-18-28-24-14-8-10-16-26(24)30;2-1(3,4)5/h7-10,13-18,21-22H,1-6,11-12,19-20H2;2-4H/q+2;. The minimum atomic E-state index is -4.19. The van der Waals surface area contributed by atoms with E-state index in [0.29, 0.717) is 0 Å². The second-order valence-corrected chi connectivity index (χ2v) is 9.35. The van der Waals surface area contributed by atoms with Crippen LogP contribution in [0.2, 0.25) is 0 Å². The Morgan fingerprint density at radius 3 is 1.34 bits per heavy atom. The van der Waals surface area contributed by atoms with Gasteiger partial charge in [-0.2, -0.15) is 9.13 Å². The van der Waals surface area contributed by atoms with Crippen LogP contribution in [0.1, 0.15) is 51.4 Å². The molecule has 0 spiro atoms. The number of benzene rings is 2. The Morgan fingerprint density at radius 2 is 0.943 bits per heavy atom. The first-order chi connectivity index (χ1) is 16.9. The van der Waals surface area contributed by atoms with Crippen molar-refractivity contribution in [3.8, 4) is 0 Å². The van der Waals surface area contributed by atoms with Crippen LogP contribution in [-0.4, -0.2) is 23.9 Å². The summed E-state index contributed by atoms with van der Waals surface area (Å²) < 4.78 is 34.9. The maximum Gasteiger partial charge on any atom is 0.231 e. The van der Waals surface area contributed by atoms with Gasteiger partial charge in [-0.1, -0.05) is 49.9 Å². The molecule has 0 unspecified atom stereocenters. The van der Waals surface area contributed by atoms with Crippen molar-refractivity contribution in [3.63, 3.8) is 0 Å². The van der Waals surface area contributed by atoms with Crippen LogP contribution < -0.4 is 13.8 Å². The fourth-order valence-corrected chi connectivity index (χ4v) is 4.20. The Morgan fingerprint density at radius 1 is 0.600 bits per heavy atom. The van der Waals surface area contributed by atoms with Crippen LogP contribution in [0.15, 0.2) is 73.3 Å². The molecular weight excluding hydrogens is 468 g/mol. The molecule has 188 valence electrons. The summed E-state index contributed by atoms with van der Waals surface area (Å²) in [7, 11) is -4.19. The predicted molar refractivity (Wildman–Crippen MR) is 127 cm³/mol. The van der Waals surface area contributed by atoms with E-state index in [2.05, 4.69) is 80.0 Å². The number of fused-ring (bicyclic) bond motifs is 2. The Balaban J connectivity index is 0.000000623. The number of para-hydroxylation sites is 4. The number of unbranched alkanes of at least 4 members (excludes halogenated alkanes) is 7. The fraction of sp³-hybridized carbons (Fsp3) is 0.385. The van der Waals surface area contributed by atoms with Crippen LogP contribution in [0.25, 0.3) is 22.1 Å². The van der Waals surface area contributed by atoms with Gasteiger partial charge >= 0.3 is 28.9 Å². The van der Waals surface area contributed by atoms with E-state index >= 15 is 0 Å². The summed E-state index contributed by atoms with van der Waals surface area (Å²) >= 11 is 0. The molecule has 8 nitrogen and oxygen atoms in total. The zero-order chi connectivity index (χ0) is 24.9. The Labute approximate surface area is 207 Å². The summed E-state index contributed by atoms with van der Waals surface area (Å²) in [5, 5.41) is 0. The number of aryl methyl sites for hydroxylation is 2. The third-order valence-electron chi connectivity index (χ3n) is 5.85. The molecule has 0 fully saturated rings. The molecule has 2 heterocycles. The van der Waals surface area contributed by atoms with E-state index < -0.39 is 10.2 Å². The van der Waals surface area contributed by atoms with Crippen LogP contribution >= 0.6 is 0 Å². The summed E-state index contributed by atoms with van der Waals surface area (Å²) in [6.07, 6.45) is 18.5. The number of hydrogen-bond donors (Lipinski definition) is 3. The largest absolute Gasteiger partial charge is 0.244 e.